The first kappa shape index (κ1) is 11.4. The van der Waals surface area contributed by atoms with Gasteiger partial charge in [0.2, 0.25) is 0 Å². The lowest BCUT2D eigenvalue weighted by Gasteiger charge is -2.13. The molecule has 3 nitrogen and oxygen atoms in total. The lowest BCUT2D eigenvalue weighted by atomic mass is 10.1. The molecule has 15 heavy (non-hydrogen) atoms. The van der Waals surface area contributed by atoms with Crippen molar-refractivity contribution >= 4 is 9.84 Å². The van der Waals surface area contributed by atoms with Crippen molar-refractivity contribution in [3.63, 3.8) is 0 Å². The number of nitrogens with two attached hydrogens (primary N) is 1. The predicted molar refractivity (Wildman–Crippen MR) is 61.3 cm³/mol. The summed E-state index contributed by atoms with van der Waals surface area (Å²) >= 11 is 0. The molecule has 0 spiro atoms. The van der Waals surface area contributed by atoms with Crippen molar-refractivity contribution < 1.29 is 8.42 Å². The largest absolute Gasteiger partial charge is 0.327 e. The van der Waals surface area contributed by atoms with Gasteiger partial charge in [0.15, 0.2) is 9.84 Å². The summed E-state index contributed by atoms with van der Waals surface area (Å²) in [6.07, 6.45) is 6.85. The second kappa shape index (κ2) is 4.42. The van der Waals surface area contributed by atoms with E-state index in [0.717, 1.165) is 25.7 Å². The fourth-order valence-electron chi connectivity index (χ4n) is 2.56. The van der Waals surface area contributed by atoms with Gasteiger partial charge in [-0.1, -0.05) is 12.8 Å². The van der Waals surface area contributed by atoms with Gasteiger partial charge < -0.3 is 5.73 Å². The molecular formula is C11H21NO2S. The second-order valence-electron chi connectivity index (χ2n) is 5.23. The Morgan fingerprint density at radius 1 is 1.13 bits per heavy atom. The molecule has 2 aliphatic rings. The Labute approximate surface area is 92.3 Å². The summed E-state index contributed by atoms with van der Waals surface area (Å²) in [5, 5.41) is 0. The van der Waals surface area contributed by atoms with Crippen molar-refractivity contribution in [2.45, 2.75) is 44.6 Å². The number of rotatable bonds is 5. The van der Waals surface area contributed by atoms with Crippen LogP contribution in [0.25, 0.3) is 0 Å². The van der Waals surface area contributed by atoms with Crippen LogP contribution in [0.2, 0.25) is 0 Å². The van der Waals surface area contributed by atoms with Crippen LogP contribution in [-0.4, -0.2) is 26.0 Å². The van der Waals surface area contributed by atoms with Crippen molar-refractivity contribution in [2.24, 2.45) is 17.6 Å². The molecule has 0 aromatic rings. The van der Waals surface area contributed by atoms with Crippen molar-refractivity contribution in [3.8, 4) is 0 Å². The van der Waals surface area contributed by atoms with E-state index < -0.39 is 9.84 Å². The van der Waals surface area contributed by atoms with Crippen LogP contribution >= 0.6 is 0 Å². The van der Waals surface area contributed by atoms with Crippen LogP contribution in [0.5, 0.6) is 0 Å². The summed E-state index contributed by atoms with van der Waals surface area (Å²) in [4.78, 5) is 0. The summed E-state index contributed by atoms with van der Waals surface area (Å²) in [6, 6.07) is -0.101. The molecule has 2 N–H and O–H groups in total. The van der Waals surface area contributed by atoms with E-state index in [9.17, 15) is 8.42 Å². The van der Waals surface area contributed by atoms with Gasteiger partial charge in [-0.3, -0.25) is 0 Å². The first-order valence-electron chi connectivity index (χ1n) is 6.03. The van der Waals surface area contributed by atoms with Crippen molar-refractivity contribution in [1.82, 2.24) is 0 Å². The van der Waals surface area contributed by atoms with E-state index in [0.29, 0.717) is 17.6 Å². The van der Waals surface area contributed by atoms with E-state index >= 15 is 0 Å². The fourth-order valence-corrected chi connectivity index (χ4v) is 4.60. The van der Waals surface area contributed by atoms with Gasteiger partial charge in [0, 0.05) is 6.04 Å². The van der Waals surface area contributed by atoms with Crippen LogP contribution in [-0.2, 0) is 9.84 Å². The van der Waals surface area contributed by atoms with Gasteiger partial charge in [-0.05, 0) is 37.5 Å². The summed E-state index contributed by atoms with van der Waals surface area (Å²) in [7, 11) is -2.89. The lowest BCUT2D eigenvalue weighted by Crippen LogP contribution is -2.33. The smallest absolute Gasteiger partial charge is 0.152 e. The Balaban J connectivity index is 1.82. The van der Waals surface area contributed by atoms with Gasteiger partial charge in [-0.15, -0.1) is 0 Å². The van der Waals surface area contributed by atoms with E-state index in [1.54, 1.807) is 0 Å². The van der Waals surface area contributed by atoms with Crippen LogP contribution in [0.15, 0.2) is 0 Å². The lowest BCUT2D eigenvalue weighted by molar-refractivity contribution is 0.546. The first-order valence-corrected chi connectivity index (χ1v) is 7.85. The zero-order chi connectivity index (χ0) is 10.9. The van der Waals surface area contributed by atoms with Crippen LogP contribution in [0, 0.1) is 11.8 Å². The van der Waals surface area contributed by atoms with Crippen molar-refractivity contribution in [1.29, 1.82) is 0 Å². The van der Waals surface area contributed by atoms with Gasteiger partial charge in [0.25, 0.3) is 0 Å². The average molecular weight is 231 g/mol. The molecule has 0 saturated heterocycles. The van der Waals surface area contributed by atoms with Gasteiger partial charge in [-0.2, -0.15) is 0 Å². The third-order valence-electron chi connectivity index (χ3n) is 3.64. The standard InChI is InChI=1S/C11H21NO2S/c12-11(10-5-6-10)8-15(13,14)7-9-3-1-2-4-9/h9-11H,1-8,12H2. The van der Waals surface area contributed by atoms with Gasteiger partial charge >= 0.3 is 0 Å². The minimum atomic E-state index is -2.89. The summed E-state index contributed by atoms with van der Waals surface area (Å²) in [6.45, 7) is 0. The predicted octanol–water partition coefficient (Wildman–Crippen LogP) is 1.33. The molecule has 2 rings (SSSR count). The minimum absolute atomic E-state index is 0.101. The second-order valence-corrected chi connectivity index (χ2v) is 7.38. The molecule has 0 bridgehead atoms. The zero-order valence-electron chi connectivity index (χ0n) is 9.19. The molecule has 0 radical (unpaired) electrons. The molecule has 2 fully saturated rings. The van der Waals surface area contributed by atoms with E-state index in [-0.39, 0.29) is 11.8 Å². The van der Waals surface area contributed by atoms with E-state index in [4.69, 9.17) is 5.73 Å². The third-order valence-corrected chi connectivity index (χ3v) is 5.51. The highest BCUT2D eigenvalue weighted by atomic mass is 32.2. The Bertz CT molecular complexity index is 293. The van der Waals surface area contributed by atoms with Crippen molar-refractivity contribution in [2.75, 3.05) is 11.5 Å². The Hall–Kier alpha value is -0.0900. The fraction of sp³-hybridized carbons (Fsp3) is 1.00. The molecule has 1 atom stereocenters. The van der Waals surface area contributed by atoms with E-state index in [1.165, 1.54) is 12.8 Å². The normalized spacial score (nSPS) is 25.7. The Kier molecular flexibility index (Phi) is 3.36. The maximum Gasteiger partial charge on any atom is 0.152 e. The summed E-state index contributed by atoms with van der Waals surface area (Å²) in [5.41, 5.74) is 5.86. The highest BCUT2D eigenvalue weighted by Gasteiger charge is 2.32. The molecule has 0 aromatic carbocycles. The SMILES string of the molecule is NC(CS(=O)(=O)CC1CCCC1)C1CC1. The molecule has 4 heteroatoms. The molecule has 2 aliphatic carbocycles. The molecule has 0 aliphatic heterocycles. The molecule has 0 heterocycles. The Morgan fingerprint density at radius 3 is 2.27 bits per heavy atom. The number of sulfone groups is 1. The van der Waals surface area contributed by atoms with Crippen LogP contribution < -0.4 is 5.73 Å². The molecule has 0 aromatic heterocycles. The molecule has 0 amide bonds. The zero-order valence-corrected chi connectivity index (χ0v) is 10.0. The quantitative estimate of drug-likeness (QED) is 0.776. The highest BCUT2D eigenvalue weighted by Crippen LogP contribution is 2.33. The van der Waals surface area contributed by atoms with Crippen molar-refractivity contribution in [3.05, 3.63) is 0 Å². The minimum Gasteiger partial charge on any atom is -0.327 e. The maximum atomic E-state index is 11.8. The summed E-state index contributed by atoms with van der Waals surface area (Å²) < 4.78 is 23.7. The van der Waals surface area contributed by atoms with Crippen LogP contribution in [0.4, 0.5) is 0 Å². The first-order chi connectivity index (χ1) is 7.07. The molecule has 88 valence electrons. The van der Waals surface area contributed by atoms with Gasteiger partial charge in [-0.25, -0.2) is 8.42 Å². The van der Waals surface area contributed by atoms with Crippen LogP contribution in [0.3, 0.4) is 0 Å². The monoisotopic (exact) mass is 231 g/mol. The Morgan fingerprint density at radius 2 is 1.73 bits per heavy atom. The number of hydrogen-bond acceptors (Lipinski definition) is 3. The number of hydrogen-bond donors (Lipinski definition) is 1. The topological polar surface area (TPSA) is 60.2 Å². The molecule has 1 unspecified atom stereocenters. The van der Waals surface area contributed by atoms with E-state index in [1.807, 2.05) is 0 Å². The van der Waals surface area contributed by atoms with Gasteiger partial charge in [0.05, 0.1) is 11.5 Å². The molecule has 2 saturated carbocycles. The highest BCUT2D eigenvalue weighted by molar-refractivity contribution is 7.91. The maximum absolute atomic E-state index is 11.8. The molecular weight excluding hydrogens is 210 g/mol. The third kappa shape index (κ3) is 3.45. The van der Waals surface area contributed by atoms with Gasteiger partial charge in [0.1, 0.15) is 0 Å². The average Bonchev–Trinajstić information content (AvgIpc) is 2.86. The van der Waals surface area contributed by atoms with E-state index in [2.05, 4.69) is 0 Å². The summed E-state index contributed by atoms with van der Waals surface area (Å²) in [5.74, 6) is 1.51. The van der Waals surface area contributed by atoms with Crippen LogP contribution in [0.1, 0.15) is 38.5 Å².